The van der Waals surface area contributed by atoms with Gasteiger partial charge in [-0.15, -0.1) is 24.0 Å². The molecule has 3 aliphatic heterocycles. The van der Waals surface area contributed by atoms with Gasteiger partial charge in [-0.2, -0.15) is 0 Å². The van der Waals surface area contributed by atoms with Crippen LogP contribution in [0.15, 0.2) is 29.3 Å². The predicted molar refractivity (Wildman–Crippen MR) is 123 cm³/mol. The van der Waals surface area contributed by atoms with Crippen molar-refractivity contribution in [2.45, 2.75) is 31.1 Å². The summed E-state index contributed by atoms with van der Waals surface area (Å²) < 4.78 is 11.5. The van der Waals surface area contributed by atoms with Crippen LogP contribution < -0.4 is 10.1 Å². The second kappa shape index (κ2) is 9.17. The Bertz CT molecular complexity index is 681. The summed E-state index contributed by atoms with van der Waals surface area (Å²) in [7, 11) is 7.83. The van der Waals surface area contributed by atoms with Crippen LogP contribution in [0.1, 0.15) is 24.4 Å². The summed E-state index contributed by atoms with van der Waals surface area (Å²) in [5.74, 6) is 3.28. The number of methoxy groups -OCH3 is 1. The van der Waals surface area contributed by atoms with Gasteiger partial charge in [-0.3, -0.25) is 4.99 Å². The lowest BCUT2D eigenvalue weighted by atomic mass is 9.82. The Hall–Kier alpha value is -1.06. The number of nitrogens with zero attached hydrogens (tertiary/aromatic N) is 3. The summed E-state index contributed by atoms with van der Waals surface area (Å²) in [4.78, 5) is 9.24. The maximum absolute atomic E-state index is 6.10. The van der Waals surface area contributed by atoms with Crippen molar-refractivity contribution in [3.8, 4) is 5.75 Å². The van der Waals surface area contributed by atoms with Gasteiger partial charge in [0.1, 0.15) is 5.75 Å². The standard InChI is InChI=1S/C21H32N4O2.HI/c1-22-21(25-12-16-17(13-25)20-9-8-19(16)27-20)23-11-18(24(2)3)14-6-5-7-15(10-14)26-4;/h5-7,10,16-20H,8-9,11-13H2,1-4H3,(H,22,23);1H. The molecule has 1 aromatic rings. The van der Waals surface area contributed by atoms with Crippen LogP contribution in [-0.2, 0) is 4.74 Å². The number of rotatable bonds is 5. The van der Waals surface area contributed by atoms with Crippen LogP contribution in [0.2, 0.25) is 0 Å². The number of benzene rings is 1. The van der Waals surface area contributed by atoms with E-state index in [0.29, 0.717) is 24.0 Å². The molecular formula is C21H33IN4O2. The Kier molecular flexibility index (Phi) is 7.09. The van der Waals surface area contributed by atoms with Gasteiger partial charge in [0.25, 0.3) is 0 Å². The minimum absolute atomic E-state index is 0. The van der Waals surface area contributed by atoms with E-state index in [9.17, 15) is 0 Å². The first-order valence-corrected chi connectivity index (χ1v) is 10.0. The van der Waals surface area contributed by atoms with Crippen LogP contribution in [0.3, 0.4) is 0 Å². The second-order valence-electron chi connectivity index (χ2n) is 8.21. The number of aliphatic imine (C=N–C) groups is 1. The predicted octanol–water partition coefficient (Wildman–Crippen LogP) is 2.60. The van der Waals surface area contributed by atoms with E-state index < -0.39 is 0 Å². The Balaban J connectivity index is 0.00000225. The molecule has 0 aliphatic carbocycles. The number of halogens is 1. The summed E-state index contributed by atoms with van der Waals surface area (Å²) in [6.07, 6.45) is 3.44. The minimum atomic E-state index is 0. The van der Waals surface area contributed by atoms with Gasteiger partial charge in [0, 0.05) is 38.5 Å². The molecule has 3 saturated heterocycles. The molecule has 28 heavy (non-hydrogen) atoms. The van der Waals surface area contributed by atoms with Crippen molar-refractivity contribution in [1.29, 1.82) is 0 Å². The highest BCUT2D eigenvalue weighted by atomic mass is 127. The molecule has 4 rings (SSSR count). The third kappa shape index (κ3) is 4.11. The summed E-state index contributed by atoms with van der Waals surface area (Å²) in [5.41, 5.74) is 1.24. The van der Waals surface area contributed by atoms with Crippen molar-refractivity contribution in [3.05, 3.63) is 29.8 Å². The molecule has 156 valence electrons. The smallest absolute Gasteiger partial charge is 0.193 e. The van der Waals surface area contributed by atoms with Crippen LogP contribution >= 0.6 is 24.0 Å². The Morgan fingerprint density at radius 2 is 1.96 bits per heavy atom. The van der Waals surface area contributed by atoms with E-state index in [1.165, 1.54) is 18.4 Å². The quantitative estimate of drug-likeness (QED) is 0.383. The number of hydrogen-bond donors (Lipinski definition) is 1. The van der Waals surface area contributed by atoms with E-state index in [4.69, 9.17) is 9.47 Å². The zero-order chi connectivity index (χ0) is 19.0. The monoisotopic (exact) mass is 500 g/mol. The Morgan fingerprint density at radius 1 is 1.29 bits per heavy atom. The molecule has 7 heteroatoms. The van der Waals surface area contributed by atoms with E-state index in [0.717, 1.165) is 31.3 Å². The number of ether oxygens (including phenoxy) is 2. The number of nitrogens with one attached hydrogen (secondary N) is 1. The molecule has 1 N–H and O–H groups in total. The molecule has 0 spiro atoms. The van der Waals surface area contributed by atoms with Crippen molar-refractivity contribution in [1.82, 2.24) is 15.1 Å². The summed E-state index contributed by atoms with van der Waals surface area (Å²) in [6, 6.07) is 8.56. The van der Waals surface area contributed by atoms with Gasteiger partial charge in [0.15, 0.2) is 5.96 Å². The van der Waals surface area contributed by atoms with Gasteiger partial charge in [-0.25, -0.2) is 0 Å². The maximum Gasteiger partial charge on any atom is 0.193 e. The first-order valence-electron chi connectivity index (χ1n) is 10.0. The number of hydrogen-bond acceptors (Lipinski definition) is 4. The van der Waals surface area contributed by atoms with Gasteiger partial charge in [-0.05, 0) is 44.6 Å². The maximum atomic E-state index is 6.10. The molecule has 3 heterocycles. The Labute approximate surface area is 185 Å². The SMILES string of the molecule is CN=C(NCC(c1cccc(OC)c1)N(C)C)N1CC2C3CCC(O3)C2C1.I. The normalized spacial score (nSPS) is 29.6. The minimum Gasteiger partial charge on any atom is -0.497 e. The van der Waals surface area contributed by atoms with Crippen molar-refractivity contribution in [3.63, 3.8) is 0 Å². The van der Waals surface area contributed by atoms with Gasteiger partial charge < -0.3 is 24.6 Å². The lowest BCUT2D eigenvalue weighted by Gasteiger charge is -2.29. The van der Waals surface area contributed by atoms with Gasteiger partial charge >= 0.3 is 0 Å². The van der Waals surface area contributed by atoms with E-state index in [1.54, 1.807) is 7.11 Å². The fraction of sp³-hybridized carbons (Fsp3) is 0.667. The Morgan fingerprint density at radius 3 is 2.54 bits per heavy atom. The topological polar surface area (TPSA) is 49.3 Å². The number of guanidine groups is 1. The second-order valence-corrected chi connectivity index (χ2v) is 8.21. The first kappa shape index (κ1) is 21.6. The fourth-order valence-corrected chi connectivity index (χ4v) is 5.10. The fourth-order valence-electron chi connectivity index (χ4n) is 5.10. The van der Waals surface area contributed by atoms with Crippen LogP contribution in [0.5, 0.6) is 5.75 Å². The van der Waals surface area contributed by atoms with E-state index in [1.807, 2.05) is 13.1 Å². The molecule has 0 amide bonds. The third-order valence-electron chi connectivity index (χ3n) is 6.52. The number of fused-ring (bicyclic) bond motifs is 5. The molecule has 3 aliphatic rings. The van der Waals surface area contributed by atoms with Crippen LogP contribution in [0.25, 0.3) is 0 Å². The number of likely N-dealkylation sites (tertiary alicyclic amines) is 1. The molecule has 5 unspecified atom stereocenters. The van der Waals surface area contributed by atoms with E-state index in [-0.39, 0.29) is 30.0 Å². The lowest BCUT2D eigenvalue weighted by Crippen LogP contribution is -2.44. The molecule has 0 radical (unpaired) electrons. The highest BCUT2D eigenvalue weighted by molar-refractivity contribution is 14.0. The molecule has 0 aromatic heterocycles. The molecule has 5 atom stereocenters. The summed E-state index contributed by atoms with van der Waals surface area (Å²) >= 11 is 0. The van der Waals surface area contributed by atoms with Crippen LogP contribution in [0, 0.1) is 11.8 Å². The van der Waals surface area contributed by atoms with Crippen molar-refractivity contribution in [2.24, 2.45) is 16.8 Å². The van der Waals surface area contributed by atoms with Gasteiger partial charge in [0.05, 0.1) is 25.4 Å². The highest BCUT2D eigenvalue weighted by Crippen LogP contribution is 2.47. The average Bonchev–Trinajstić information content (AvgIpc) is 3.38. The molecule has 2 bridgehead atoms. The third-order valence-corrected chi connectivity index (χ3v) is 6.52. The average molecular weight is 500 g/mol. The lowest BCUT2D eigenvalue weighted by molar-refractivity contribution is 0.0767. The van der Waals surface area contributed by atoms with Crippen LogP contribution in [-0.4, -0.2) is 75.9 Å². The van der Waals surface area contributed by atoms with E-state index in [2.05, 4.69) is 52.4 Å². The van der Waals surface area contributed by atoms with Crippen molar-refractivity contribution >= 4 is 29.9 Å². The summed E-state index contributed by atoms with van der Waals surface area (Å²) in [5, 5.41) is 3.62. The molecule has 6 nitrogen and oxygen atoms in total. The molecule has 1 aromatic carbocycles. The molecule has 0 saturated carbocycles. The largest absolute Gasteiger partial charge is 0.497 e. The van der Waals surface area contributed by atoms with Crippen molar-refractivity contribution in [2.75, 3.05) is 47.9 Å². The zero-order valence-electron chi connectivity index (χ0n) is 17.3. The zero-order valence-corrected chi connectivity index (χ0v) is 19.6. The molecular weight excluding hydrogens is 467 g/mol. The highest BCUT2D eigenvalue weighted by Gasteiger charge is 2.53. The summed E-state index contributed by atoms with van der Waals surface area (Å²) in [6.45, 7) is 2.94. The van der Waals surface area contributed by atoms with Gasteiger partial charge in [0.2, 0.25) is 0 Å². The van der Waals surface area contributed by atoms with Crippen molar-refractivity contribution < 1.29 is 9.47 Å². The van der Waals surface area contributed by atoms with Gasteiger partial charge in [-0.1, -0.05) is 12.1 Å². The first-order chi connectivity index (χ1) is 13.1. The van der Waals surface area contributed by atoms with Crippen LogP contribution in [0.4, 0.5) is 0 Å². The van der Waals surface area contributed by atoms with E-state index >= 15 is 0 Å². The molecule has 3 fully saturated rings. The number of likely N-dealkylation sites (N-methyl/N-ethyl adjacent to an activating group) is 1.